The normalized spacial score (nSPS) is 10.9. The van der Waals surface area contributed by atoms with Gasteiger partial charge in [0.25, 0.3) is 0 Å². The topological polar surface area (TPSA) is 4.93 Å². The fourth-order valence-corrected chi connectivity index (χ4v) is 3.37. The Bertz CT molecular complexity index is 704. The van der Waals surface area contributed by atoms with E-state index < -0.39 is 0 Å². The Morgan fingerprint density at radius 2 is 1.43 bits per heavy atom. The van der Waals surface area contributed by atoms with Crippen molar-refractivity contribution in [2.24, 2.45) is 0 Å². The van der Waals surface area contributed by atoms with E-state index in [2.05, 4.69) is 86.0 Å². The zero-order valence-electron chi connectivity index (χ0n) is 14.3. The van der Waals surface area contributed by atoms with E-state index in [4.69, 9.17) is 0 Å². The molecule has 1 heterocycles. The van der Waals surface area contributed by atoms with E-state index in [1.54, 1.807) is 0 Å². The molecule has 0 saturated heterocycles. The second-order valence-electron chi connectivity index (χ2n) is 6.17. The van der Waals surface area contributed by atoms with Crippen LogP contribution < -0.4 is 0 Å². The predicted molar refractivity (Wildman–Crippen MR) is 99.3 cm³/mol. The number of nitrogens with zero attached hydrogens (tertiary/aromatic N) is 1. The van der Waals surface area contributed by atoms with Crippen LogP contribution in [0.5, 0.6) is 0 Å². The summed E-state index contributed by atoms with van der Waals surface area (Å²) in [7, 11) is 0. The maximum atomic E-state index is 2.45. The second kappa shape index (κ2) is 6.87. The van der Waals surface area contributed by atoms with E-state index in [9.17, 15) is 0 Å². The van der Waals surface area contributed by atoms with Crippen LogP contribution in [0.2, 0.25) is 0 Å². The van der Waals surface area contributed by atoms with Gasteiger partial charge in [-0.15, -0.1) is 0 Å². The van der Waals surface area contributed by atoms with Crippen molar-refractivity contribution >= 4 is 0 Å². The van der Waals surface area contributed by atoms with E-state index in [1.165, 1.54) is 46.6 Å². The van der Waals surface area contributed by atoms with E-state index in [1.807, 2.05) is 0 Å². The molecule has 2 aromatic carbocycles. The summed E-state index contributed by atoms with van der Waals surface area (Å²) >= 11 is 0. The zero-order valence-corrected chi connectivity index (χ0v) is 14.3. The highest BCUT2D eigenvalue weighted by atomic mass is 15.0. The molecule has 0 bridgehead atoms. The summed E-state index contributed by atoms with van der Waals surface area (Å²) in [5.74, 6) is 0. The largest absolute Gasteiger partial charge is 0.317 e. The van der Waals surface area contributed by atoms with Gasteiger partial charge in [0.1, 0.15) is 0 Å². The fourth-order valence-electron chi connectivity index (χ4n) is 3.37. The van der Waals surface area contributed by atoms with Crippen LogP contribution in [-0.2, 0) is 6.42 Å². The standard InChI is InChI=1S/C22H25N/c1-4-5-16-21-22(19-12-8-6-9-13-19)17(2)18(3)23(21)20-14-10-7-11-15-20/h6-15H,4-5,16H2,1-3H3. The van der Waals surface area contributed by atoms with Crippen LogP contribution in [0.15, 0.2) is 60.7 Å². The molecule has 1 nitrogen and oxygen atoms in total. The Hall–Kier alpha value is -2.28. The highest BCUT2D eigenvalue weighted by molar-refractivity contribution is 5.73. The first-order valence-electron chi connectivity index (χ1n) is 8.55. The summed E-state index contributed by atoms with van der Waals surface area (Å²) < 4.78 is 2.45. The third-order valence-corrected chi connectivity index (χ3v) is 4.66. The summed E-state index contributed by atoms with van der Waals surface area (Å²) in [6, 6.07) is 21.5. The molecule has 0 aliphatic heterocycles. The van der Waals surface area contributed by atoms with Gasteiger partial charge in [-0.3, -0.25) is 0 Å². The number of rotatable bonds is 5. The lowest BCUT2D eigenvalue weighted by atomic mass is 9.99. The predicted octanol–water partition coefficient (Wildman–Crippen LogP) is 6.10. The number of hydrogen-bond donors (Lipinski definition) is 0. The molecule has 0 radical (unpaired) electrons. The minimum Gasteiger partial charge on any atom is -0.317 e. The Kier molecular flexibility index (Phi) is 4.66. The minimum absolute atomic E-state index is 1.12. The van der Waals surface area contributed by atoms with Gasteiger partial charge in [-0.2, -0.15) is 0 Å². The first kappa shape index (κ1) is 15.6. The summed E-state index contributed by atoms with van der Waals surface area (Å²) in [5, 5.41) is 0. The van der Waals surface area contributed by atoms with Crippen molar-refractivity contribution in [2.45, 2.75) is 40.0 Å². The number of para-hydroxylation sites is 1. The summed E-state index contributed by atoms with van der Waals surface area (Å²) in [6.07, 6.45) is 3.55. The molecule has 0 spiro atoms. The Balaban J connectivity index is 2.24. The fraction of sp³-hybridized carbons (Fsp3) is 0.273. The van der Waals surface area contributed by atoms with Crippen molar-refractivity contribution in [3.8, 4) is 16.8 Å². The molecule has 1 heteroatoms. The highest BCUT2D eigenvalue weighted by Crippen LogP contribution is 2.35. The minimum atomic E-state index is 1.12. The van der Waals surface area contributed by atoms with Gasteiger partial charge in [0, 0.05) is 22.6 Å². The van der Waals surface area contributed by atoms with Crippen LogP contribution in [0.3, 0.4) is 0 Å². The molecule has 0 amide bonds. The molecule has 0 fully saturated rings. The first-order valence-corrected chi connectivity index (χ1v) is 8.55. The lowest BCUT2D eigenvalue weighted by Crippen LogP contribution is -2.03. The number of benzene rings is 2. The van der Waals surface area contributed by atoms with E-state index in [-0.39, 0.29) is 0 Å². The van der Waals surface area contributed by atoms with Crippen LogP contribution in [0, 0.1) is 13.8 Å². The monoisotopic (exact) mass is 303 g/mol. The molecule has 1 aromatic heterocycles. The quantitative estimate of drug-likeness (QED) is 0.536. The Morgan fingerprint density at radius 3 is 2.04 bits per heavy atom. The van der Waals surface area contributed by atoms with Gasteiger partial charge in [-0.25, -0.2) is 0 Å². The van der Waals surface area contributed by atoms with Crippen molar-refractivity contribution in [2.75, 3.05) is 0 Å². The van der Waals surface area contributed by atoms with Gasteiger partial charge in [0.15, 0.2) is 0 Å². The van der Waals surface area contributed by atoms with Crippen LogP contribution in [0.25, 0.3) is 16.8 Å². The van der Waals surface area contributed by atoms with Crippen molar-refractivity contribution in [3.05, 3.63) is 77.6 Å². The summed E-state index contributed by atoms with van der Waals surface area (Å²) in [5.41, 5.74) is 8.20. The van der Waals surface area contributed by atoms with E-state index in [0.717, 1.165) is 6.42 Å². The first-order chi connectivity index (χ1) is 11.2. The third-order valence-electron chi connectivity index (χ3n) is 4.66. The number of unbranched alkanes of at least 4 members (excludes halogenated alkanes) is 1. The molecule has 0 N–H and O–H groups in total. The van der Waals surface area contributed by atoms with Crippen LogP contribution in [-0.4, -0.2) is 4.57 Å². The maximum Gasteiger partial charge on any atom is 0.0455 e. The molecule has 0 unspecified atom stereocenters. The highest BCUT2D eigenvalue weighted by Gasteiger charge is 2.19. The molecule has 0 atom stereocenters. The van der Waals surface area contributed by atoms with Crippen molar-refractivity contribution in [1.82, 2.24) is 4.57 Å². The smallest absolute Gasteiger partial charge is 0.0455 e. The molecule has 118 valence electrons. The Morgan fingerprint density at radius 1 is 0.826 bits per heavy atom. The van der Waals surface area contributed by atoms with Gasteiger partial charge in [-0.1, -0.05) is 61.9 Å². The third kappa shape index (κ3) is 2.96. The molecular formula is C22H25N. The average molecular weight is 303 g/mol. The van der Waals surface area contributed by atoms with Crippen LogP contribution in [0.1, 0.15) is 36.7 Å². The van der Waals surface area contributed by atoms with Gasteiger partial charge in [0.05, 0.1) is 0 Å². The molecule has 3 aromatic rings. The molecule has 0 aliphatic rings. The maximum absolute atomic E-state index is 2.45. The van der Waals surface area contributed by atoms with Gasteiger partial charge >= 0.3 is 0 Å². The van der Waals surface area contributed by atoms with Gasteiger partial charge < -0.3 is 4.57 Å². The molecular weight excluding hydrogens is 278 g/mol. The van der Waals surface area contributed by atoms with Crippen molar-refractivity contribution in [3.63, 3.8) is 0 Å². The number of hydrogen-bond acceptors (Lipinski definition) is 0. The van der Waals surface area contributed by atoms with Crippen molar-refractivity contribution < 1.29 is 0 Å². The Labute approximate surface area is 139 Å². The van der Waals surface area contributed by atoms with Crippen molar-refractivity contribution in [1.29, 1.82) is 0 Å². The van der Waals surface area contributed by atoms with E-state index >= 15 is 0 Å². The van der Waals surface area contributed by atoms with Crippen LogP contribution in [0.4, 0.5) is 0 Å². The van der Waals surface area contributed by atoms with Gasteiger partial charge in [-0.05, 0) is 49.9 Å². The second-order valence-corrected chi connectivity index (χ2v) is 6.17. The molecule has 0 saturated carbocycles. The van der Waals surface area contributed by atoms with Gasteiger partial charge in [0.2, 0.25) is 0 Å². The summed E-state index contributed by atoms with van der Waals surface area (Å²) in [4.78, 5) is 0. The number of aromatic nitrogens is 1. The zero-order chi connectivity index (χ0) is 16.2. The van der Waals surface area contributed by atoms with E-state index in [0.29, 0.717) is 0 Å². The molecule has 3 rings (SSSR count). The lowest BCUT2D eigenvalue weighted by Gasteiger charge is -2.13. The summed E-state index contributed by atoms with van der Waals surface area (Å²) in [6.45, 7) is 6.76. The lowest BCUT2D eigenvalue weighted by molar-refractivity contribution is 0.756. The SMILES string of the molecule is CCCCc1c(-c2ccccc2)c(C)c(C)n1-c1ccccc1. The van der Waals surface area contributed by atoms with Crippen LogP contribution >= 0.6 is 0 Å². The average Bonchev–Trinajstić information content (AvgIpc) is 2.85. The molecule has 0 aliphatic carbocycles. The molecule has 23 heavy (non-hydrogen) atoms.